The van der Waals surface area contributed by atoms with Crippen LogP contribution in [-0.2, 0) is 24.2 Å². The first-order chi connectivity index (χ1) is 18.0. The highest BCUT2D eigenvalue weighted by Gasteiger charge is 2.26. The molecule has 3 heterocycles. The van der Waals surface area contributed by atoms with E-state index in [0.29, 0.717) is 23.6 Å². The molecule has 3 aromatic heterocycles. The normalized spacial score (nSPS) is 15.1. The van der Waals surface area contributed by atoms with E-state index in [1.807, 2.05) is 53.8 Å². The maximum absolute atomic E-state index is 12.7. The lowest BCUT2D eigenvalue weighted by Gasteiger charge is -2.18. The van der Waals surface area contributed by atoms with Gasteiger partial charge in [0.25, 0.3) is 0 Å². The summed E-state index contributed by atoms with van der Waals surface area (Å²) in [5.41, 5.74) is 5.29. The van der Waals surface area contributed by atoms with Crippen LogP contribution in [0.15, 0.2) is 59.8 Å². The Morgan fingerprint density at radius 2 is 1.95 bits per heavy atom. The first-order valence-electron chi connectivity index (χ1n) is 12.5. The number of thiophene rings is 1. The number of rotatable bonds is 7. The number of anilines is 2. The number of nitrogens with one attached hydrogen (secondary N) is 2. The SMILES string of the molecule is Cc1ccc(NC(=O)CSc2nnc3c4c5c(sc4nc(NCc4ccccc4)n23)CCC(C)C5)cc1. The third kappa shape index (κ3) is 4.93. The molecule has 188 valence electrons. The van der Waals surface area contributed by atoms with Crippen LogP contribution in [0.4, 0.5) is 11.6 Å². The van der Waals surface area contributed by atoms with Gasteiger partial charge in [-0.3, -0.25) is 4.79 Å². The highest BCUT2D eigenvalue weighted by Crippen LogP contribution is 2.40. The predicted octanol–water partition coefficient (Wildman–Crippen LogP) is 6.12. The lowest BCUT2D eigenvalue weighted by molar-refractivity contribution is -0.113. The van der Waals surface area contributed by atoms with Crippen molar-refractivity contribution in [2.75, 3.05) is 16.4 Å². The van der Waals surface area contributed by atoms with Gasteiger partial charge in [-0.1, -0.05) is 66.7 Å². The van der Waals surface area contributed by atoms with Crippen molar-refractivity contribution in [2.45, 2.75) is 44.8 Å². The fraction of sp³-hybridized carbons (Fsp3) is 0.286. The standard InChI is InChI=1S/C28H28N6OS2/c1-17-8-11-20(12-9-17)30-23(35)16-36-28-33-32-25-24-21-14-18(2)10-13-22(21)37-26(24)31-27(34(25)28)29-15-19-6-4-3-5-7-19/h3-9,11-12,18H,10,13-16H2,1-2H3,(H,29,31)(H,30,35). The molecule has 1 unspecified atom stereocenters. The number of fused-ring (bicyclic) bond motifs is 5. The van der Waals surface area contributed by atoms with E-state index < -0.39 is 0 Å². The van der Waals surface area contributed by atoms with Gasteiger partial charge in [-0.2, -0.15) is 0 Å². The zero-order valence-corrected chi connectivity index (χ0v) is 22.5. The van der Waals surface area contributed by atoms with Crippen LogP contribution < -0.4 is 10.6 Å². The maximum Gasteiger partial charge on any atom is 0.234 e. The molecular formula is C28H28N6OS2. The van der Waals surface area contributed by atoms with Crippen molar-refractivity contribution >= 4 is 56.5 Å². The Hall–Kier alpha value is -3.43. The average molecular weight is 529 g/mol. The van der Waals surface area contributed by atoms with Gasteiger partial charge in [-0.05, 0) is 55.4 Å². The Labute approximate surface area is 223 Å². The lowest BCUT2D eigenvalue weighted by Crippen LogP contribution is -2.14. The number of aryl methyl sites for hydroxylation is 2. The molecule has 1 atom stereocenters. The molecule has 2 N–H and O–H groups in total. The van der Waals surface area contributed by atoms with E-state index in [-0.39, 0.29) is 11.7 Å². The third-order valence-electron chi connectivity index (χ3n) is 6.73. The Morgan fingerprint density at radius 1 is 1.14 bits per heavy atom. The quantitative estimate of drug-likeness (QED) is 0.248. The molecule has 2 aromatic carbocycles. The molecule has 1 aliphatic rings. The minimum absolute atomic E-state index is 0.0832. The van der Waals surface area contributed by atoms with E-state index in [1.54, 1.807) is 11.3 Å². The van der Waals surface area contributed by atoms with E-state index in [4.69, 9.17) is 4.98 Å². The third-order valence-corrected chi connectivity index (χ3v) is 8.84. The van der Waals surface area contributed by atoms with Crippen LogP contribution in [0.25, 0.3) is 15.9 Å². The van der Waals surface area contributed by atoms with Crippen LogP contribution in [0.5, 0.6) is 0 Å². The van der Waals surface area contributed by atoms with Crippen molar-refractivity contribution in [3.63, 3.8) is 0 Å². The molecule has 0 fully saturated rings. The van der Waals surface area contributed by atoms with Crippen LogP contribution >= 0.6 is 23.1 Å². The number of benzene rings is 2. The van der Waals surface area contributed by atoms with Gasteiger partial charge in [0.1, 0.15) is 4.83 Å². The topological polar surface area (TPSA) is 84.2 Å². The van der Waals surface area contributed by atoms with Crippen molar-refractivity contribution in [3.8, 4) is 0 Å². The zero-order chi connectivity index (χ0) is 25.4. The molecular weight excluding hydrogens is 500 g/mol. The second-order valence-electron chi connectivity index (χ2n) is 9.65. The Bertz CT molecular complexity index is 1580. The Balaban J connectivity index is 1.34. The lowest BCUT2D eigenvalue weighted by atomic mass is 9.89. The monoisotopic (exact) mass is 528 g/mol. The van der Waals surface area contributed by atoms with E-state index in [1.165, 1.54) is 28.6 Å². The van der Waals surface area contributed by atoms with Gasteiger partial charge in [0.15, 0.2) is 10.8 Å². The van der Waals surface area contributed by atoms with E-state index in [2.05, 4.69) is 39.9 Å². The molecule has 0 bridgehead atoms. The predicted molar refractivity (Wildman–Crippen MR) is 152 cm³/mol. The van der Waals surface area contributed by atoms with Gasteiger partial charge in [0.2, 0.25) is 11.9 Å². The first kappa shape index (κ1) is 23.9. The molecule has 0 radical (unpaired) electrons. The van der Waals surface area contributed by atoms with Crippen molar-refractivity contribution in [1.82, 2.24) is 19.6 Å². The highest BCUT2D eigenvalue weighted by atomic mass is 32.2. The Morgan fingerprint density at radius 3 is 2.76 bits per heavy atom. The summed E-state index contributed by atoms with van der Waals surface area (Å²) < 4.78 is 1.99. The fourth-order valence-corrected chi connectivity index (χ4v) is 6.72. The Kier molecular flexibility index (Phi) is 6.56. The van der Waals surface area contributed by atoms with Crippen LogP contribution in [0.3, 0.4) is 0 Å². The number of nitrogens with zero attached hydrogens (tertiary/aromatic N) is 4. The summed E-state index contributed by atoms with van der Waals surface area (Å²) >= 11 is 3.15. The second-order valence-corrected chi connectivity index (χ2v) is 11.7. The molecule has 1 amide bonds. The van der Waals surface area contributed by atoms with Gasteiger partial charge < -0.3 is 10.6 Å². The number of carbonyl (C=O) groups is 1. The number of amides is 1. The minimum Gasteiger partial charge on any atom is -0.351 e. The van der Waals surface area contributed by atoms with Gasteiger partial charge in [-0.15, -0.1) is 21.5 Å². The molecule has 0 aliphatic heterocycles. The zero-order valence-electron chi connectivity index (χ0n) is 20.8. The van der Waals surface area contributed by atoms with Gasteiger partial charge in [-0.25, -0.2) is 9.38 Å². The van der Waals surface area contributed by atoms with Crippen molar-refractivity contribution in [2.24, 2.45) is 5.92 Å². The number of aromatic nitrogens is 4. The summed E-state index contributed by atoms with van der Waals surface area (Å²) in [6.45, 7) is 4.97. The van der Waals surface area contributed by atoms with Crippen LogP contribution in [0, 0.1) is 12.8 Å². The minimum atomic E-state index is -0.0832. The summed E-state index contributed by atoms with van der Waals surface area (Å²) in [4.78, 5) is 20.2. The molecule has 37 heavy (non-hydrogen) atoms. The van der Waals surface area contributed by atoms with Crippen LogP contribution in [0.1, 0.15) is 34.9 Å². The van der Waals surface area contributed by atoms with E-state index in [9.17, 15) is 4.79 Å². The molecule has 9 heteroatoms. The smallest absolute Gasteiger partial charge is 0.234 e. The van der Waals surface area contributed by atoms with Gasteiger partial charge >= 0.3 is 0 Å². The summed E-state index contributed by atoms with van der Waals surface area (Å²) in [6, 6.07) is 18.1. The first-order valence-corrected chi connectivity index (χ1v) is 14.3. The van der Waals surface area contributed by atoms with Crippen molar-refractivity contribution < 1.29 is 4.79 Å². The number of hydrogen-bond acceptors (Lipinski definition) is 7. The van der Waals surface area contributed by atoms with E-state index in [0.717, 1.165) is 45.5 Å². The fourth-order valence-electron chi connectivity index (χ4n) is 4.78. The van der Waals surface area contributed by atoms with Crippen molar-refractivity contribution in [1.29, 1.82) is 0 Å². The summed E-state index contributed by atoms with van der Waals surface area (Å²) in [5.74, 6) is 1.48. The van der Waals surface area contributed by atoms with Gasteiger partial charge in [0.05, 0.1) is 11.1 Å². The van der Waals surface area contributed by atoms with Crippen LogP contribution in [0.2, 0.25) is 0 Å². The largest absolute Gasteiger partial charge is 0.351 e. The summed E-state index contributed by atoms with van der Waals surface area (Å²) in [5, 5.41) is 17.4. The molecule has 5 aromatic rings. The molecule has 0 saturated carbocycles. The second kappa shape index (κ2) is 10.1. The molecule has 0 spiro atoms. The highest BCUT2D eigenvalue weighted by molar-refractivity contribution is 7.99. The number of thioether (sulfide) groups is 1. The molecule has 1 aliphatic carbocycles. The maximum atomic E-state index is 12.7. The number of carbonyl (C=O) groups excluding carboxylic acids is 1. The molecule has 0 saturated heterocycles. The average Bonchev–Trinajstić information content (AvgIpc) is 3.49. The molecule has 6 rings (SSSR count). The number of hydrogen-bond donors (Lipinski definition) is 2. The van der Waals surface area contributed by atoms with Crippen LogP contribution in [-0.4, -0.2) is 31.2 Å². The summed E-state index contributed by atoms with van der Waals surface area (Å²) in [7, 11) is 0. The van der Waals surface area contributed by atoms with Crippen molar-refractivity contribution in [3.05, 3.63) is 76.2 Å². The molecule has 7 nitrogen and oxygen atoms in total. The van der Waals surface area contributed by atoms with E-state index >= 15 is 0 Å². The summed E-state index contributed by atoms with van der Waals surface area (Å²) in [6.07, 6.45) is 3.34. The van der Waals surface area contributed by atoms with Gasteiger partial charge in [0, 0.05) is 17.1 Å².